The number of hydrogen-bond donors (Lipinski definition) is 0. The molecular formula is C16H17NO3. The fraction of sp³-hybridized carbons (Fsp3) is 0.250. The second kappa shape index (κ2) is 8.54. The molecule has 0 bridgehead atoms. The molecule has 20 heavy (non-hydrogen) atoms. The first-order chi connectivity index (χ1) is 9.63. The predicted octanol–water partition coefficient (Wildman–Crippen LogP) is 1.77. The molecule has 0 aliphatic rings. The van der Waals surface area contributed by atoms with E-state index in [2.05, 4.69) is 5.92 Å². The third-order valence-electron chi connectivity index (χ3n) is 2.50. The lowest BCUT2D eigenvalue weighted by molar-refractivity contribution is -0.139. The summed E-state index contributed by atoms with van der Waals surface area (Å²) in [5, 5.41) is 0. The van der Waals surface area contributed by atoms with E-state index in [0.29, 0.717) is 13.1 Å². The summed E-state index contributed by atoms with van der Waals surface area (Å²) in [6.45, 7) is 2.36. The highest BCUT2D eigenvalue weighted by molar-refractivity contribution is 5.92. The lowest BCUT2D eigenvalue weighted by atomic mass is 10.2. The van der Waals surface area contributed by atoms with E-state index >= 15 is 0 Å². The number of amides is 1. The van der Waals surface area contributed by atoms with Gasteiger partial charge in [-0.15, -0.1) is 6.42 Å². The minimum Gasteiger partial charge on any atom is -0.462 e. The summed E-state index contributed by atoms with van der Waals surface area (Å²) in [7, 11) is 0. The third kappa shape index (κ3) is 5.87. The van der Waals surface area contributed by atoms with Crippen LogP contribution in [0.5, 0.6) is 0 Å². The number of benzene rings is 1. The molecule has 0 heterocycles. The lowest BCUT2D eigenvalue weighted by Gasteiger charge is -2.18. The van der Waals surface area contributed by atoms with Gasteiger partial charge in [0.15, 0.2) is 0 Å². The van der Waals surface area contributed by atoms with Crippen LogP contribution in [0.3, 0.4) is 0 Å². The number of ether oxygens (including phenoxy) is 1. The van der Waals surface area contributed by atoms with Crippen molar-refractivity contribution in [3.63, 3.8) is 0 Å². The molecule has 0 N–H and O–H groups in total. The molecule has 0 spiro atoms. The summed E-state index contributed by atoms with van der Waals surface area (Å²) >= 11 is 0. The molecule has 1 amide bonds. The molecule has 0 saturated heterocycles. The summed E-state index contributed by atoms with van der Waals surface area (Å²) in [4.78, 5) is 23.8. The number of rotatable bonds is 6. The number of terminal acetylenes is 1. The number of carbonyl (C=O) groups is 2. The molecule has 0 unspecified atom stereocenters. The molecular weight excluding hydrogens is 254 g/mol. The Morgan fingerprint density at radius 3 is 2.60 bits per heavy atom. The Balaban J connectivity index is 2.55. The van der Waals surface area contributed by atoms with E-state index in [-0.39, 0.29) is 18.5 Å². The fourth-order valence-corrected chi connectivity index (χ4v) is 1.55. The number of esters is 1. The van der Waals surface area contributed by atoms with Crippen molar-refractivity contribution in [3.8, 4) is 12.3 Å². The summed E-state index contributed by atoms with van der Waals surface area (Å²) < 4.78 is 4.76. The van der Waals surface area contributed by atoms with Gasteiger partial charge in [-0.2, -0.15) is 0 Å². The predicted molar refractivity (Wildman–Crippen MR) is 76.5 cm³/mol. The average Bonchev–Trinajstić information content (AvgIpc) is 2.45. The largest absolute Gasteiger partial charge is 0.462 e. The maximum Gasteiger partial charge on any atom is 0.302 e. The maximum atomic E-state index is 11.7. The lowest BCUT2D eigenvalue weighted by Crippen LogP contribution is -2.29. The minimum atomic E-state index is -0.369. The van der Waals surface area contributed by atoms with E-state index in [0.717, 1.165) is 5.56 Å². The standard InChI is InChI=1S/C16H17NO3/c1-3-16(19)17(11-7-8-12-20-14(2)18)13-15-9-5-4-6-10-15/h1,4-10H,11-13H2,2H3/b8-7-. The van der Waals surface area contributed by atoms with E-state index in [1.54, 1.807) is 17.1 Å². The van der Waals surface area contributed by atoms with Crippen LogP contribution in [-0.2, 0) is 20.9 Å². The maximum absolute atomic E-state index is 11.7. The first-order valence-electron chi connectivity index (χ1n) is 6.21. The Hall–Kier alpha value is -2.54. The Labute approximate surface area is 119 Å². The highest BCUT2D eigenvalue weighted by atomic mass is 16.5. The van der Waals surface area contributed by atoms with Gasteiger partial charge in [-0.3, -0.25) is 9.59 Å². The van der Waals surface area contributed by atoms with Crippen molar-refractivity contribution in [3.05, 3.63) is 48.0 Å². The number of hydrogen-bond acceptors (Lipinski definition) is 3. The molecule has 0 aromatic heterocycles. The zero-order valence-electron chi connectivity index (χ0n) is 11.4. The number of nitrogens with zero attached hydrogens (tertiary/aromatic N) is 1. The second-order valence-electron chi connectivity index (χ2n) is 4.09. The monoisotopic (exact) mass is 271 g/mol. The van der Waals surface area contributed by atoms with Gasteiger partial charge in [0, 0.05) is 20.0 Å². The van der Waals surface area contributed by atoms with Gasteiger partial charge >= 0.3 is 5.97 Å². The Morgan fingerprint density at radius 2 is 2.00 bits per heavy atom. The minimum absolute atomic E-state index is 0.193. The molecule has 0 radical (unpaired) electrons. The molecule has 0 fully saturated rings. The quantitative estimate of drug-likeness (QED) is 0.450. The van der Waals surface area contributed by atoms with Gasteiger partial charge in [-0.1, -0.05) is 36.4 Å². The topological polar surface area (TPSA) is 46.6 Å². The first kappa shape index (κ1) is 15.5. The Bertz CT molecular complexity index is 514. The molecule has 4 nitrogen and oxygen atoms in total. The molecule has 0 aliphatic carbocycles. The summed E-state index contributed by atoms with van der Waals surface area (Å²) in [6.07, 6.45) is 8.60. The molecule has 0 saturated carbocycles. The van der Waals surface area contributed by atoms with Gasteiger partial charge in [0.25, 0.3) is 5.91 Å². The van der Waals surface area contributed by atoms with Crippen LogP contribution in [0.15, 0.2) is 42.5 Å². The van der Waals surface area contributed by atoms with Crippen LogP contribution >= 0.6 is 0 Å². The van der Waals surface area contributed by atoms with Crippen molar-refractivity contribution >= 4 is 11.9 Å². The Morgan fingerprint density at radius 1 is 1.30 bits per heavy atom. The van der Waals surface area contributed by atoms with Crippen LogP contribution < -0.4 is 0 Å². The van der Waals surface area contributed by atoms with Crippen molar-refractivity contribution < 1.29 is 14.3 Å². The van der Waals surface area contributed by atoms with Crippen molar-refractivity contribution in [1.29, 1.82) is 0 Å². The molecule has 0 aliphatic heterocycles. The molecule has 1 aromatic carbocycles. The van der Waals surface area contributed by atoms with Gasteiger partial charge in [-0.25, -0.2) is 0 Å². The fourth-order valence-electron chi connectivity index (χ4n) is 1.55. The van der Waals surface area contributed by atoms with Gasteiger partial charge in [-0.05, 0) is 17.6 Å². The van der Waals surface area contributed by atoms with E-state index in [4.69, 9.17) is 11.2 Å². The third-order valence-corrected chi connectivity index (χ3v) is 2.50. The molecule has 0 atom stereocenters. The van der Waals surface area contributed by atoms with Crippen LogP contribution in [0.4, 0.5) is 0 Å². The average molecular weight is 271 g/mol. The normalized spacial score (nSPS) is 10.0. The highest BCUT2D eigenvalue weighted by Crippen LogP contribution is 2.04. The van der Waals surface area contributed by atoms with Crippen molar-refractivity contribution in [1.82, 2.24) is 4.90 Å². The molecule has 4 heteroatoms. The van der Waals surface area contributed by atoms with Crippen LogP contribution in [0, 0.1) is 12.3 Å². The Kier molecular flexibility index (Phi) is 6.63. The zero-order valence-corrected chi connectivity index (χ0v) is 11.4. The first-order valence-corrected chi connectivity index (χ1v) is 6.21. The van der Waals surface area contributed by atoms with E-state index < -0.39 is 0 Å². The van der Waals surface area contributed by atoms with Gasteiger partial charge in [0.2, 0.25) is 0 Å². The zero-order chi connectivity index (χ0) is 14.8. The van der Waals surface area contributed by atoms with Gasteiger partial charge in [0.05, 0.1) is 0 Å². The van der Waals surface area contributed by atoms with E-state index in [9.17, 15) is 9.59 Å². The van der Waals surface area contributed by atoms with Crippen molar-refractivity contribution in [2.75, 3.05) is 13.2 Å². The van der Waals surface area contributed by atoms with Crippen LogP contribution in [0.25, 0.3) is 0 Å². The van der Waals surface area contributed by atoms with Gasteiger partial charge < -0.3 is 9.64 Å². The van der Waals surface area contributed by atoms with E-state index in [1.807, 2.05) is 30.3 Å². The number of carbonyl (C=O) groups excluding carboxylic acids is 2. The summed E-state index contributed by atoms with van der Waals surface area (Å²) in [5.41, 5.74) is 1.00. The van der Waals surface area contributed by atoms with Crippen LogP contribution in [0.2, 0.25) is 0 Å². The smallest absolute Gasteiger partial charge is 0.302 e. The SMILES string of the molecule is C#CC(=O)N(C/C=C\COC(C)=O)Cc1ccccc1. The van der Waals surface area contributed by atoms with Gasteiger partial charge in [0.1, 0.15) is 6.61 Å². The summed E-state index contributed by atoms with van der Waals surface area (Å²) in [5.74, 6) is 1.41. The van der Waals surface area contributed by atoms with Crippen LogP contribution in [0.1, 0.15) is 12.5 Å². The van der Waals surface area contributed by atoms with Crippen LogP contribution in [-0.4, -0.2) is 29.9 Å². The highest BCUT2D eigenvalue weighted by Gasteiger charge is 2.09. The molecule has 1 rings (SSSR count). The summed E-state index contributed by atoms with van der Waals surface area (Å²) in [6, 6.07) is 9.59. The van der Waals surface area contributed by atoms with Crippen molar-refractivity contribution in [2.45, 2.75) is 13.5 Å². The van der Waals surface area contributed by atoms with Crippen molar-refractivity contribution in [2.24, 2.45) is 0 Å². The molecule has 104 valence electrons. The molecule has 1 aromatic rings. The second-order valence-corrected chi connectivity index (χ2v) is 4.09. The van der Waals surface area contributed by atoms with E-state index in [1.165, 1.54) is 6.92 Å².